The molecule has 1 aliphatic rings. The summed E-state index contributed by atoms with van der Waals surface area (Å²) in [5.74, 6) is 1.63. The van der Waals surface area contributed by atoms with Crippen LogP contribution < -0.4 is 15.5 Å². The molecule has 2 amide bonds. The van der Waals surface area contributed by atoms with Crippen molar-refractivity contribution in [3.8, 4) is 0 Å². The fourth-order valence-corrected chi connectivity index (χ4v) is 2.79. The SMILES string of the molecule is CCNC(=O)NC1CCN(c2cc(C)nc3ncnn23)CC1. The smallest absolute Gasteiger partial charge is 0.314 e. The van der Waals surface area contributed by atoms with Gasteiger partial charge in [-0.1, -0.05) is 0 Å². The zero-order valence-corrected chi connectivity index (χ0v) is 12.9. The van der Waals surface area contributed by atoms with E-state index in [0.29, 0.717) is 12.3 Å². The molecular weight excluding hydrogens is 282 g/mol. The van der Waals surface area contributed by atoms with Crippen LogP contribution in [0.4, 0.5) is 10.6 Å². The molecule has 3 heterocycles. The minimum absolute atomic E-state index is 0.0839. The highest BCUT2D eigenvalue weighted by Crippen LogP contribution is 2.20. The molecule has 0 radical (unpaired) electrons. The van der Waals surface area contributed by atoms with Gasteiger partial charge < -0.3 is 15.5 Å². The molecule has 2 N–H and O–H groups in total. The van der Waals surface area contributed by atoms with Gasteiger partial charge in [-0.05, 0) is 26.7 Å². The number of hydrogen-bond acceptors (Lipinski definition) is 5. The highest BCUT2D eigenvalue weighted by Gasteiger charge is 2.22. The van der Waals surface area contributed by atoms with Crippen molar-refractivity contribution in [1.82, 2.24) is 30.2 Å². The van der Waals surface area contributed by atoms with Crippen molar-refractivity contribution in [1.29, 1.82) is 0 Å². The molecule has 8 nitrogen and oxygen atoms in total. The highest BCUT2D eigenvalue weighted by atomic mass is 16.2. The second kappa shape index (κ2) is 6.17. The lowest BCUT2D eigenvalue weighted by atomic mass is 10.1. The Morgan fingerprint density at radius 1 is 1.41 bits per heavy atom. The molecule has 1 fully saturated rings. The zero-order chi connectivity index (χ0) is 15.5. The molecule has 0 aliphatic carbocycles. The molecule has 0 saturated carbocycles. The molecule has 0 atom stereocenters. The summed E-state index contributed by atoms with van der Waals surface area (Å²) in [6.45, 7) is 6.26. The molecule has 1 saturated heterocycles. The van der Waals surface area contributed by atoms with Crippen LogP contribution in [0.1, 0.15) is 25.5 Å². The molecule has 2 aromatic heterocycles. The maximum atomic E-state index is 11.6. The largest absolute Gasteiger partial charge is 0.356 e. The fourth-order valence-electron chi connectivity index (χ4n) is 2.79. The van der Waals surface area contributed by atoms with E-state index in [2.05, 4.69) is 30.6 Å². The first-order valence-corrected chi connectivity index (χ1v) is 7.64. The van der Waals surface area contributed by atoms with E-state index in [0.717, 1.165) is 37.4 Å². The number of hydrogen-bond donors (Lipinski definition) is 2. The molecule has 118 valence electrons. The second-order valence-corrected chi connectivity index (χ2v) is 5.49. The van der Waals surface area contributed by atoms with Gasteiger partial charge in [0.15, 0.2) is 0 Å². The lowest BCUT2D eigenvalue weighted by Crippen LogP contribution is -2.48. The number of anilines is 1. The number of carbonyl (C=O) groups is 1. The molecule has 2 aromatic rings. The molecule has 0 aromatic carbocycles. The summed E-state index contributed by atoms with van der Waals surface area (Å²) in [6.07, 6.45) is 3.35. The van der Waals surface area contributed by atoms with E-state index in [-0.39, 0.29) is 12.1 Å². The van der Waals surface area contributed by atoms with Gasteiger partial charge in [0, 0.05) is 37.4 Å². The Bertz CT molecular complexity index is 660. The van der Waals surface area contributed by atoms with Crippen LogP contribution >= 0.6 is 0 Å². The van der Waals surface area contributed by atoms with E-state index in [9.17, 15) is 4.79 Å². The number of nitrogens with zero attached hydrogens (tertiary/aromatic N) is 5. The second-order valence-electron chi connectivity index (χ2n) is 5.49. The van der Waals surface area contributed by atoms with Crippen molar-refractivity contribution in [3.63, 3.8) is 0 Å². The zero-order valence-electron chi connectivity index (χ0n) is 12.9. The number of aryl methyl sites for hydroxylation is 1. The van der Waals surface area contributed by atoms with Crippen LogP contribution in [-0.2, 0) is 0 Å². The first kappa shape index (κ1) is 14.6. The van der Waals surface area contributed by atoms with Crippen LogP contribution in [-0.4, -0.2) is 51.3 Å². The van der Waals surface area contributed by atoms with Gasteiger partial charge in [0.05, 0.1) is 0 Å². The van der Waals surface area contributed by atoms with Crippen LogP contribution in [0, 0.1) is 6.92 Å². The Labute approximate surface area is 128 Å². The van der Waals surface area contributed by atoms with Gasteiger partial charge in [-0.25, -0.2) is 9.78 Å². The Balaban J connectivity index is 1.68. The lowest BCUT2D eigenvalue weighted by Gasteiger charge is -2.33. The minimum atomic E-state index is -0.0839. The van der Waals surface area contributed by atoms with Gasteiger partial charge >= 0.3 is 6.03 Å². The average molecular weight is 303 g/mol. The topological polar surface area (TPSA) is 87.5 Å². The number of aromatic nitrogens is 4. The summed E-state index contributed by atoms with van der Waals surface area (Å²) < 4.78 is 1.77. The van der Waals surface area contributed by atoms with Gasteiger partial charge in [0.2, 0.25) is 0 Å². The monoisotopic (exact) mass is 303 g/mol. The number of nitrogens with one attached hydrogen (secondary N) is 2. The van der Waals surface area contributed by atoms with Crippen molar-refractivity contribution >= 4 is 17.6 Å². The van der Waals surface area contributed by atoms with E-state index < -0.39 is 0 Å². The molecular formula is C14H21N7O. The molecule has 8 heteroatoms. The van der Waals surface area contributed by atoms with E-state index in [1.807, 2.05) is 19.9 Å². The number of rotatable bonds is 3. The third-order valence-electron chi connectivity index (χ3n) is 3.85. The first-order valence-electron chi connectivity index (χ1n) is 7.64. The average Bonchev–Trinajstić information content (AvgIpc) is 2.95. The predicted octanol–water partition coefficient (Wildman–Crippen LogP) is 0.721. The molecule has 0 spiro atoms. The van der Waals surface area contributed by atoms with Gasteiger partial charge in [-0.3, -0.25) is 0 Å². The predicted molar refractivity (Wildman–Crippen MR) is 83.0 cm³/mol. The van der Waals surface area contributed by atoms with Crippen molar-refractivity contribution in [3.05, 3.63) is 18.1 Å². The maximum Gasteiger partial charge on any atom is 0.314 e. The van der Waals surface area contributed by atoms with Crippen LogP contribution in [0.3, 0.4) is 0 Å². The summed E-state index contributed by atoms with van der Waals surface area (Å²) in [7, 11) is 0. The number of fused-ring (bicyclic) bond motifs is 1. The van der Waals surface area contributed by atoms with E-state index in [4.69, 9.17) is 0 Å². The summed E-state index contributed by atoms with van der Waals surface area (Å²) in [4.78, 5) is 22.4. The Hall–Kier alpha value is -2.38. The van der Waals surface area contributed by atoms with Crippen LogP contribution in [0.25, 0.3) is 5.78 Å². The standard InChI is InChI=1S/C14H21N7O/c1-3-15-14(22)19-11-4-6-20(7-5-11)12-8-10(2)18-13-16-9-17-21(12)13/h8-9,11H,3-7H2,1-2H3,(H2,15,19,22). The fraction of sp³-hybridized carbons (Fsp3) is 0.571. The van der Waals surface area contributed by atoms with Gasteiger partial charge in [-0.2, -0.15) is 14.6 Å². The van der Waals surface area contributed by atoms with E-state index in [1.165, 1.54) is 6.33 Å². The molecule has 3 rings (SSSR count). The van der Waals surface area contributed by atoms with Crippen LogP contribution in [0.15, 0.2) is 12.4 Å². The molecule has 22 heavy (non-hydrogen) atoms. The quantitative estimate of drug-likeness (QED) is 0.872. The Kier molecular flexibility index (Phi) is 4.08. The summed E-state index contributed by atoms with van der Waals surface area (Å²) in [5.41, 5.74) is 0.929. The maximum absolute atomic E-state index is 11.6. The Morgan fingerprint density at radius 3 is 2.91 bits per heavy atom. The third-order valence-corrected chi connectivity index (χ3v) is 3.85. The van der Waals surface area contributed by atoms with Crippen molar-refractivity contribution in [2.45, 2.75) is 32.7 Å². The van der Waals surface area contributed by atoms with Crippen LogP contribution in [0.5, 0.6) is 0 Å². The summed E-state index contributed by atoms with van der Waals surface area (Å²) in [6, 6.07) is 2.16. The summed E-state index contributed by atoms with van der Waals surface area (Å²) >= 11 is 0. The number of amides is 2. The number of piperidine rings is 1. The Morgan fingerprint density at radius 2 is 2.18 bits per heavy atom. The van der Waals surface area contributed by atoms with Crippen molar-refractivity contribution < 1.29 is 4.79 Å². The normalized spacial score (nSPS) is 16.0. The molecule has 0 bridgehead atoms. The van der Waals surface area contributed by atoms with Gasteiger partial charge in [0.25, 0.3) is 5.78 Å². The number of urea groups is 1. The highest BCUT2D eigenvalue weighted by molar-refractivity contribution is 5.74. The number of carbonyl (C=O) groups excluding carboxylic acids is 1. The molecule has 1 aliphatic heterocycles. The minimum Gasteiger partial charge on any atom is -0.356 e. The lowest BCUT2D eigenvalue weighted by molar-refractivity contribution is 0.235. The van der Waals surface area contributed by atoms with Crippen LogP contribution in [0.2, 0.25) is 0 Å². The van der Waals surface area contributed by atoms with E-state index >= 15 is 0 Å². The van der Waals surface area contributed by atoms with Gasteiger partial charge in [0.1, 0.15) is 12.1 Å². The van der Waals surface area contributed by atoms with Crippen molar-refractivity contribution in [2.24, 2.45) is 0 Å². The first-order chi connectivity index (χ1) is 10.7. The van der Waals surface area contributed by atoms with E-state index in [1.54, 1.807) is 4.52 Å². The summed E-state index contributed by atoms with van der Waals surface area (Å²) in [5, 5.41) is 10.0. The third kappa shape index (κ3) is 2.95. The van der Waals surface area contributed by atoms with Gasteiger partial charge in [-0.15, -0.1) is 0 Å². The molecule has 0 unspecified atom stereocenters. The van der Waals surface area contributed by atoms with Crippen molar-refractivity contribution in [2.75, 3.05) is 24.5 Å².